The summed E-state index contributed by atoms with van der Waals surface area (Å²) in [5.74, 6) is 2.70. The molecule has 2 atom stereocenters. The molecule has 1 aliphatic carbocycles. The zero-order chi connectivity index (χ0) is 13.7. The fourth-order valence-electron chi connectivity index (χ4n) is 3.41. The first kappa shape index (κ1) is 12.2. The van der Waals surface area contributed by atoms with E-state index in [0.29, 0.717) is 18.0 Å². The Hall–Kier alpha value is -1.55. The van der Waals surface area contributed by atoms with Crippen LogP contribution in [0.3, 0.4) is 0 Å². The molecule has 4 nitrogen and oxygen atoms in total. The molecule has 20 heavy (non-hydrogen) atoms. The van der Waals surface area contributed by atoms with E-state index in [9.17, 15) is 0 Å². The van der Waals surface area contributed by atoms with Crippen LogP contribution in [0.1, 0.15) is 44.0 Å². The molecule has 1 N–H and O–H groups in total. The standard InChI is InChI=1S/C16H21N3O/c1-10-13(7-8-17-10)16-18-14-9-12(20-2)5-6-15(14)19(16)11-3-4-11/h5-6,9-11,13,17H,3-4,7-8H2,1-2H3. The quantitative estimate of drug-likeness (QED) is 0.933. The van der Waals surface area contributed by atoms with Crippen LogP contribution < -0.4 is 10.1 Å². The Morgan fingerprint density at radius 1 is 1.30 bits per heavy atom. The molecular formula is C16H21N3O. The highest BCUT2D eigenvalue weighted by Gasteiger charge is 2.34. The Bertz CT molecular complexity index is 644. The van der Waals surface area contributed by atoms with E-state index in [1.807, 2.05) is 6.07 Å². The lowest BCUT2D eigenvalue weighted by molar-refractivity contribution is 0.415. The van der Waals surface area contributed by atoms with Crippen LogP contribution in [0, 0.1) is 0 Å². The number of methoxy groups -OCH3 is 1. The van der Waals surface area contributed by atoms with Gasteiger partial charge in [-0.1, -0.05) is 0 Å². The maximum absolute atomic E-state index is 5.33. The highest BCUT2D eigenvalue weighted by atomic mass is 16.5. The minimum absolute atomic E-state index is 0.520. The number of hydrogen-bond donors (Lipinski definition) is 1. The highest BCUT2D eigenvalue weighted by molar-refractivity contribution is 5.78. The van der Waals surface area contributed by atoms with Gasteiger partial charge in [-0.05, 0) is 44.9 Å². The Morgan fingerprint density at radius 3 is 2.80 bits per heavy atom. The number of imidazole rings is 1. The molecule has 2 aliphatic rings. The first-order valence-corrected chi connectivity index (χ1v) is 7.57. The normalized spacial score (nSPS) is 26.3. The van der Waals surface area contributed by atoms with Crippen molar-refractivity contribution in [2.24, 2.45) is 0 Å². The average molecular weight is 271 g/mol. The summed E-state index contributed by atoms with van der Waals surface area (Å²) in [6.45, 7) is 3.37. The van der Waals surface area contributed by atoms with Crippen molar-refractivity contribution in [3.05, 3.63) is 24.0 Å². The Kier molecular flexibility index (Phi) is 2.74. The van der Waals surface area contributed by atoms with Gasteiger partial charge in [-0.15, -0.1) is 0 Å². The zero-order valence-electron chi connectivity index (χ0n) is 12.1. The lowest BCUT2D eigenvalue weighted by Crippen LogP contribution is -2.23. The van der Waals surface area contributed by atoms with Gasteiger partial charge >= 0.3 is 0 Å². The average Bonchev–Trinajstić information content (AvgIpc) is 3.10. The number of rotatable bonds is 3. The molecule has 4 rings (SSSR count). The third-order valence-electron chi connectivity index (χ3n) is 4.69. The summed E-state index contributed by atoms with van der Waals surface area (Å²) in [4.78, 5) is 4.96. The van der Waals surface area contributed by atoms with Gasteiger partial charge in [0.25, 0.3) is 0 Å². The van der Waals surface area contributed by atoms with E-state index in [2.05, 4.69) is 28.9 Å². The SMILES string of the molecule is COc1ccc2c(c1)nc(C1CCNC1C)n2C1CC1. The monoisotopic (exact) mass is 271 g/mol. The molecule has 0 bridgehead atoms. The van der Waals surface area contributed by atoms with Crippen molar-refractivity contribution in [1.29, 1.82) is 0 Å². The van der Waals surface area contributed by atoms with Crippen molar-refractivity contribution in [2.45, 2.75) is 44.2 Å². The van der Waals surface area contributed by atoms with E-state index in [-0.39, 0.29) is 0 Å². The van der Waals surface area contributed by atoms with Crippen LogP contribution >= 0.6 is 0 Å². The predicted octanol–water partition coefficient (Wildman–Crippen LogP) is 2.85. The molecule has 2 aromatic rings. The van der Waals surface area contributed by atoms with Gasteiger partial charge in [0.2, 0.25) is 0 Å². The van der Waals surface area contributed by atoms with Gasteiger partial charge in [-0.25, -0.2) is 4.98 Å². The smallest absolute Gasteiger partial charge is 0.121 e. The first-order valence-electron chi connectivity index (χ1n) is 7.57. The summed E-state index contributed by atoms with van der Waals surface area (Å²) in [7, 11) is 1.71. The van der Waals surface area contributed by atoms with Crippen molar-refractivity contribution < 1.29 is 4.74 Å². The van der Waals surface area contributed by atoms with Crippen molar-refractivity contribution in [2.75, 3.05) is 13.7 Å². The molecule has 2 fully saturated rings. The van der Waals surface area contributed by atoms with Crippen molar-refractivity contribution in [3.63, 3.8) is 0 Å². The van der Waals surface area contributed by atoms with Crippen LogP contribution in [0.25, 0.3) is 11.0 Å². The Balaban J connectivity index is 1.88. The Labute approximate surface area is 119 Å². The molecule has 0 spiro atoms. The minimum atomic E-state index is 0.520. The highest BCUT2D eigenvalue weighted by Crippen LogP contribution is 2.42. The second-order valence-electron chi connectivity index (χ2n) is 6.06. The van der Waals surface area contributed by atoms with Crippen LogP contribution in [0.2, 0.25) is 0 Å². The van der Waals surface area contributed by atoms with Crippen LogP contribution in [0.5, 0.6) is 5.75 Å². The molecule has 1 aromatic carbocycles. The van der Waals surface area contributed by atoms with Crippen molar-refractivity contribution in [1.82, 2.24) is 14.9 Å². The fourth-order valence-corrected chi connectivity index (χ4v) is 3.41. The molecule has 1 aliphatic heterocycles. The second kappa shape index (κ2) is 4.48. The van der Waals surface area contributed by atoms with E-state index in [0.717, 1.165) is 17.8 Å². The van der Waals surface area contributed by atoms with Crippen LogP contribution in [-0.4, -0.2) is 29.2 Å². The summed E-state index contributed by atoms with van der Waals surface area (Å²) in [5.41, 5.74) is 2.34. The van der Waals surface area contributed by atoms with Crippen LogP contribution in [0.4, 0.5) is 0 Å². The van der Waals surface area contributed by atoms with Gasteiger partial charge in [-0.3, -0.25) is 0 Å². The Morgan fingerprint density at radius 2 is 2.15 bits per heavy atom. The van der Waals surface area contributed by atoms with Gasteiger partial charge in [0.1, 0.15) is 11.6 Å². The van der Waals surface area contributed by atoms with Crippen molar-refractivity contribution in [3.8, 4) is 5.75 Å². The van der Waals surface area contributed by atoms with Crippen molar-refractivity contribution >= 4 is 11.0 Å². The summed E-state index contributed by atoms with van der Waals surface area (Å²) in [6.07, 6.45) is 3.77. The lowest BCUT2D eigenvalue weighted by Gasteiger charge is -2.16. The maximum atomic E-state index is 5.33. The largest absolute Gasteiger partial charge is 0.497 e. The molecule has 4 heteroatoms. The first-order chi connectivity index (χ1) is 9.78. The summed E-state index contributed by atoms with van der Waals surface area (Å²) in [6, 6.07) is 7.45. The van der Waals surface area contributed by atoms with Gasteiger partial charge < -0.3 is 14.6 Å². The lowest BCUT2D eigenvalue weighted by atomic mass is 10.0. The topological polar surface area (TPSA) is 39.1 Å². The maximum Gasteiger partial charge on any atom is 0.121 e. The number of benzene rings is 1. The molecular weight excluding hydrogens is 250 g/mol. The molecule has 0 radical (unpaired) electrons. The summed E-state index contributed by atoms with van der Waals surface area (Å²) >= 11 is 0. The number of nitrogens with one attached hydrogen (secondary N) is 1. The van der Waals surface area contributed by atoms with E-state index in [4.69, 9.17) is 9.72 Å². The van der Waals surface area contributed by atoms with Gasteiger partial charge in [0.15, 0.2) is 0 Å². The molecule has 2 heterocycles. The van der Waals surface area contributed by atoms with Gasteiger partial charge in [-0.2, -0.15) is 0 Å². The molecule has 2 unspecified atom stereocenters. The minimum Gasteiger partial charge on any atom is -0.497 e. The molecule has 106 valence electrons. The van der Waals surface area contributed by atoms with E-state index >= 15 is 0 Å². The van der Waals surface area contributed by atoms with Gasteiger partial charge in [0, 0.05) is 24.1 Å². The summed E-state index contributed by atoms with van der Waals surface area (Å²) < 4.78 is 7.82. The van der Waals surface area contributed by atoms with Gasteiger partial charge in [0.05, 0.1) is 18.1 Å². The van der Waals surface area contributed by atoms with E-state index in [1.165, 1.54) is 30.6 Å². The third-order valence-corrected chi connectivity index (χ3v) is 4.69. The zero-order valence-corrected chi connectivity index (χ0v) is 12.1. The number of fused-ring (bicyclic) bond motifs is 1. The van der Waals surface area contributed by atoms with E-state index < -0.39 is 0 Å². The molecule has 0 amide bonds. The number of hydrogen-bond acceptors (Lipinski definition) is 3. The molecule has 1 aromatic heterocycles. The van der Waals surface area contributed by atoms with Crippen LogP contribution in [-0.2, 0) is 0 Å². The summed E-state index contributed by atoms with van der Waals surface area (Å²) in [5, 5.41) is 3.54. The number of ether oxygens (including phenoxy) is 1. The fraction of sp³-hybridized carbons (Fsp3) is 0.562. The number of aromatic nitrogens is 2. The second-order valence-corrected chi connectivity index (χ2v) is 6.06. The van der Waals surface area contributed by atoms with E-state index in [1.54, 1.807) is 7.11 Å². The predicted molar refractivity (Wildman–Crippen MR) is 79.4 cm³/mol. The number of nitrogens with zero attached hydrogens (tertiary/aromatic N) is 2. The molecule has 1 saturated heterocycles. The third kappa shape index (κ3) is 1.82. The molecule has 1 saturated carbocycles. The van der Waals surface area contributed by atoms with Crippen LogP contribution in [0.15, 0.2) is 18.2 Å².